The molecule has 90 valence electrons. The Kier molecular flexibility index (Phi) is 5.49. The molecule has 4 heteroatoms. The molecule has 1 aromatic carbocycles. The van der Waals surface area contributed by atoms with Crippen LogP contribution in [-0.2, 0) is 6.42 Å². The van der Waals surface area contributed by atoms with E-state index in [4.69, 9.17) is 9.47 Å². The molecule has 0 spiro atoms. The maximum absolute atomic E-state index is 5.48. The molecule has 0 saturated heterocycles. The molecular formula is C12H19NO2S. The number of rotatable bonds is 6. The second-order valence-corrected chi connectivity index (χ2v) is 4.16. The molecular weight excluding hydrogens is 222 g/mol. The van der Waals surface area contributed by atoms with Gasteiger partial charge in [-0.2, -0.15) is 0 Å². The average Bonchev–Trinajstić information content (AvgIpc) is 2.34. The summed E-state index contributed by atoms with van der Waals surface area (Å²) in [6.45, 7) is 0.941. The van der Waals surface area contributed by atoms with Gasteiger partial charge < -0.3 is 14.8 Å². The Labute approximate surface area is 102 Å². The summed E-state index contributed by atoms with van der Waals surface area (Å²) >= 11 is 1.65. The molecule has 0 radical (unpaired) electrons. The Hall–Kier alpha value is -0.870. The van der Waals surface area contributed by atoms with Crippen LogP contribution in [0.25, 0.3) is 0 Å². The fraction of sp³-hybridized carbons (Fsp3) is 0.500. The number of nitrogens with one attached hydrogen (secondary N) is 1. The van der Waals surface area contributed by atoms with Gasteiger partial charge in [0.05, 0.1) is 19.1 Å². The van der Waals surface area contributed by atoms with E-state index in [1.807, 2.05) is 19.4 Å². The summed E-state index contributed by atoms with van der Waals surface area (Å²) in [5, 5.41) is 3.14. The number of likely N-dealkylation sites (N-methyl/N-ethyl adjacent to an activating group) is 1. The fourth-order valence-electron chi connectivity index (χ4n) is 1.62. The van der Waals surface area contributed by atoms with Crippen molar-refractivity contribution in [2.75, 3.05) is 34.1 Å². The third kappa shape index (κ3) is 2.83. The normalized spacial score (nSPS) is 10.2. The quantitative estimate of drug-likeness (QED) is 0.773. The Morgan fingerprint density at radius 2 is 2.00 bits per heavy atom. The standard InChI is InChI=1S/C12H19NO2S/c1-13-8-7-9-5-6-10(14-2)12(16-4)11(9)15-3/h5-6,13H,7-8H2,1-4H3. The van der Waals surface area contributed by atoms with Crippen molar-refractivity contribution in [2.24, 2.45) is 0 Å². The van der Waals surface area contributed by atoms with Gasteiger partial charge in [0, 0.05) is 0 Å². The van der Waals surface area contributed by atoms with Crippen molar-refractivity contribution >= 4 is 11.8 Å². The Balaban J connectivity index is 3.10. The van der Waals surface area contributed by atoms with Gasteiger partial charge in [0.2, 0.25) is 0 Å². The van der Waals surface area contributed by atoms with E-state index in [-0.39, 0.29) is 0 Å². The molecule has 1 N–H and O–H groups in total. The van der Waals surface area contributed by atoms with Crippen molar-refractivity contribution in [3.05, 3.63) is 17.7 Å². The number of thioether (sulfide) groups is 1. The number of ether oxygens (including phenoxy) is 2. The molecule has 0 bridgehead atoms. The van der Waals surface area contributed by atoms with E-state index in [1.54, 1.807) is 26.0 Å². The highest BCUT2D eigenvalue weighted by atomic mass is 32.2. The fourth-order valence-corrected chi connectivity index (χ4v) is 2.37. The van der Waals surface area contributed by atoms with E-state index in [1.165, 1.54) is 5.56 Å². The Morgan fingerprint density at radius 1 is 1.25 bits per heavy atom. The van der Waals surface area contributed by atoms with Crippen LogP contribution in [0.5, 0.6) is 11.5 Å². The minimum Gasteiger partial charge on any atom is -0.495 e. The lowest BCUT2D eigenvalue weighted by Crippen LogP contribution is -2.11. The van der Waals surface area contributed by atoms with E-state index >= 15 is 0 Å². The highest BCUT2D eigenvalue weighted by Crippen LogP contribution is 2.39. The number of hydrogen-bond acceptors (Lipinski definition) is 4. The molecule has 0 aromatic heterocycles. The summed E-state index contributed by atoms with van der Waals surface area (Å²) in [5.41, 5.74) is 1.21. The summed E-state index contributed by atoms with van der Waals surface area (Å²) < 4.78 is 10.8. The minimum atomic E-state index is 0.873. The van der Waals surface area contributed by atoms with Gasteiger partial charge in [0.1, 0.15) is 11.5 Å². The molecule has 0 unspecified atom stereocenters. The molecule has 0 fully saturated rings. The first kappa shape index (κ1) is 13.2. The molecule has 0 aliphatic heterocycles. The summed E-state index contributed by atoms with van der Waals surface area (Å²) in [7, 11) is 5.34. The molecule has 0 aliphatic carbocycles. The van der Waals surface area contributed by atoms with Gasteiger partial charge in [0.25, 0.3) is 0 Å². The summed E-state index contributed by atoms with van der Waals surface area (Å²) in [6.07, 6.45) is 2.99. The molecule has 0 heterocycles. The van der Waals surface area contributed by atoms with Crippen LogP contribution in [0.4, 0.5) is 0 Å². The molecule has 0 atom stereocenters. The van der Waals surface area contributed by atoms with Crippen LogP contribution in [0.15, 0.2) is 17.0 Å². The zero-order chi connectivity index (χ0) is 12.0. The number of hydrogen-bond donors (Lipinski definition) is 1. The summed E-state index contributed by atoms with van der Waals surface area (Å²) in [4.78, 5) is 1.07. The van der Waals surface area contributed by atoms with Crippen LogP contribution in [0.3, 0.4) is 0 Å². The van der Waals surface area contributed by atoms with Gasteiger partial charge in [0.15, 0.2) is 0 Å². The topological polar surface area (TPSA) is 30.5 Å². The van der Waals surface area contributed by atoms with E-state index in [0.717, 1.165) is 29.4 Å². The maximum atomic E-state index is 5.48. The molecule has 1 rings (SSSR count). The van der Waals surface area contributed by atoms with E-state index < -0.39 is 0 Å². The minimum absolute atomic E-state index is 0.873. The van der Waals surface area contributed by atoms with Crippen LogP contribution in [-0.4, -0.2) is 34.1 Å². The lowest BCUT2D eigenvalue weighted by molar-refractivity contribution is 0.373. The van der Waals surface area contributed by atoms with Crippen molar-refractivity contribution in [3.8, 4) is 11.5 Å². The van der Waals surface area contributed by atoms with Gasteiger partial charge in [-0.25, -0.2) is 0 Å². The lowest BCUT2D eigenvalue weighted by Gasteiger charge is -2.15. The first-order valence-electron chi connectivity index (χ1n) is 5.20. The van der Waals surface area contributed by atoms with Crippen molar-refractivity contribution < 1.29 is 9.47 Å². The van der Waals surface area contributed by atoms with Crippen LogP contribution in [0.2, 0.25) is 0 Å². The molecule has 0 aliphatic rings. The lowest BCUT2D eigenvalue weighted by atomic mass is 10.1. The second-order valence-electron chi connectivity index (χ2n) is 3.35. The third-order valence-electron chi connectivity index (χ3n) is 2.43. The Bertz CT molecular complexity index is 342. The summed E-state index contributed by atoms with van der Waals surface area (Å²) in [6, 6.07) is 4.06. The largest absolute Gasteiger partial charge is 0.495 e. The van der Waals surface area contributed by atoms with Crippen LogP contribution < -0.4 is 14.8 Å². The van der Waals surface area contributed by atoms with Crippen molar-refractivity contribution in [3.63, 3.8) is 0 Å². The Morgan fingerprint density at radius 3 is 2.50 bits per heavy atom. The first-order valence-corrected chi connectivity index (χ1v) is 6.43. The zero-order valence-corrected chi connectivity index (χ0v) is 11.1. The van der Waals surface area contributed by atoms with E-state index in [9.17, 15) is 0 Å². The highest BCUT2D eigenvalue weighted by molar-refractivity contribution is 7.98. The number of benzene rings is 1. The van der Waals surface area contributed by atoms with Gasteiger partial charge in [-0.05, 0) is 37.9 Å². The molecule has 3 nitrogen and oxygen atoms in total. The maximum Gasteiger partial charge on any atom is 0.139 e. The van der Waals surface area contributed by atoms with Gasteiger partial charge >= 0.3 is 0 Å². The molecule has 0 saturated carbocycles. The van der Waals surface area contributed by atoms with Crippen LogP contribution in [0, 0.1) is 0 Å². The highest BCUT2D eigenvalue weighted by Gasteiger charge is 2.13. The smallest absolute Gasteiger partial charge is 0.139 e. The van der Waals surface area contributed by atoms with Gasteiger partial charge in [-0.3, -0.25) is 0 Å². The third-order valence-corrected chi connectivity index (χ3v) is 3.22. The average molecular weight is 241 g/mol. The van der Waals surface area contributed by atoms with E-state index in [0.29, 0.717) is 0 Å². The van der Waals surface area contributed by atoms with Gasteiger partial charge in [-0.1, -0.05) is 6.07 Å². The first-order chi connectivity index (χ1) is 7.78. The SMILES string of the molecule is CNCCc1ccc(OC)c(SC)c1OC. The van der Waals surface area contributed by atoms with Gasteiger partial charge in [-0.15, -0.1) is 11.8 Å². The molecule has 0 amide bonds. The van der Waals surface area contributed by atoms with Crippen molar-refractivity contribution in [1.82, 2.24) is 5.32 Å². The molecule has 1 aromatic rings. The van der Waals surface area contributed by atoms with E-state index in [2.05, 4.69) is 11.4 Å². The molecule has 16 heavy (non-hydrogen) atoms. The monoisotopic (exact) mass is 241 g/mol. The van der Waals surface area contributed by atoms with Crippen LogP contribution in [0.1, 0.15) is 5.56 Å². The van der Waals surface area contributed by atoms with Crippen molar-refractivity contribution in [1.29, 1.82) is 0 Å². The van der Waals surface area contributed by atoms with Crippen LogP contribution >= 0.6 is 11.8 Å². The zero-order valence-electron chi connectivity index (χ0n) is 10.3. The predicted molar refractivity (Wildman–Crippen MR) is 69.0 cm³/mol. The van der Waals surface area contributed by atoms with Crippen molar-refractivity contribution in [2.45, 2.75) is 11.3 Å². The second kappa shape index (κ2) is 6.66. The summed E-state index contributed by atoms with van der Waals surface area (Å²) in [5.74, 6) is 1.81. The predicted octanol–water partition coefficient (Wildman–Crippen LogP) is 2.19. The number of methoxy groups -OCH3 is 2.